The van der Waals surface area contributed by atoms with E-state index >= 15 is 0 Å². The zero-order chi connectivity index (χ0) is 14.9. The van der Waals surface area contributed by atoms with E-state index in [1.54, 1.807) is 0 Å². The van der Waals surface area contributed by atoms with E-state index < -0.39 is 17.1 Å². The van der Waals surface area contributed by atoms with Crippen molar-refractivity contribution in [2.45, 2.75) is 10.2 Å². The van der Waals surface area contributed by atoms with Crippen molar-refractivity contribution in [3.05, 3.63) is 38.5 Å². The van der Waals surface area contributed by atoms with Crippen molar-refractivity contribution in [2.75, 3.05) is 5.73 Å². The maximum absolute atomic E-state index is 11.2. The molecule has 0 atom stereocenters. The Morgan fingerprint density at radius 1 is 1.50 bits per heavy atom. The molecule has 20 heavy (non-hydrogen) atoms. The van der Waals surface area contributed by atoms with Crippen LogP contribution in [0.15, 0.2) is 32.0 Å². The quantitative estimate of drug-likeness (QED) is 0.630. The monoisotopic (exact) mass is 295 g/mol. The fourth-order valence-electron chi connectivity index (χ4n) is 1.31. The van der Waals surface area contributed by atoms with Gasteiger partial charge >= 0.3 is 17.1 Å². The molecule has 0 saturated carbocycles. The van der Waals surface area contributed by atoms with Crippen molar-refractivity contribution in [2.24, 2.45) is 7.05 Å². The van der Waals surface area contributed by atoms with Crippen LogP contribution in [0.1, 0.15) is 10.4 Å². The van der Waals surface area contributed by atoms with Crippen molar-refractivity contribution in [3.8, 4) is 0 Å². The molecule has 0 aliphatic carbocycles. The third-order valence-corrected chi connectivity index (χ3v) is 3.34. The van der Waals surface area contributed by atoms with Gasteiger partial charge in [-0.1, -0.05) is 0 Å². The maximum Gasteiger partial charge on any atom is 0.339 e. The Balaban J connectivity index is 2.40. The third-order valence-electron chi connectivity index (χ3n) is 2.26. The first-order chi connectivity index (χ1) is 9.38. The smallest absolute Gasteiger partial charge is 0.339 e. The molecule has 0 fully saturated rings. The van der Waals surface area contributed by atoms with E-state index in [0.29, 0.717) is 0 Å². The molecule has 2 aromatic rings. The highest BCUT2D eigenvalue weighted by atomic mass is 32.2. The van der Waals surface area contributed by atoms with Gasteiger partial charge in [-0.25, -0.2) is 9.78 Å². The molecule has 0 amide bonds. The summed E-state index contributed by atoms with van der Waals surface area (Å²) in [6.45, 7) is 0. The van der Waals surface area contributed by atoms with Crippen LogP contribution in [0.25, 0.3) is 0 Å². The van der Waals surface area contributed by atoms with Gasteiger partial charge in [-0.15, -0.1) is 0 Å². The molecule has 0 aromatic carbocycles. The number of H-pyrrole nitrogens is 1. The van der Waals surface area contributed by atoms with Gasteiger partial charge in [0.15, 0.2) is 5.16 Å². The van der Waals surface area contributed by atoms with Crippen LogP contribution in [0.4, 0.5) is 5.69 Å². The van der Waals surface area contributed by atoms with Gasteiger partial charge in [0.05, 0.1) is 11.3 Å². The average Bonchev–Trinajstić information content (AvgIpc) is 2.37. The molecule has 0 spiro atoms. The summed E-state index contributed by atoms with van der Waals surface area (Å²) in [5.41, 5.74) is 4.02. The first kappa shape index (κ1) is 13.8. The second kappa shape index (κ2) is 5.17. The van der Waals surface area contributed by atoms with Crippen LogP contribution >= 0.6 is 11.8 Å². The van der Waals surface area contributed by atoms with Crippen molar-refractivity contribution in [3.63, 3.8) is 0 Å². The van der Waals surface area contributed by atoms with Crippen molar-refractivity contribution < 1.29 is 9.90 Å². The Kier molecular flexibility index (Phi) is 3.57. The number of aryl methyl sites for hydroxylation is 1. The minimum atomic E-state index is -1.14. The van der Waals surface area contributed by atoms with Crippen LogP contribution < -0.4 is 16.9 Å². The Morgan fingerprint density at radius 2 is 2.20 bits per heavy atom. The number of nitrogens with one attached hydrogen (secondary N) is 1. The molecule has 0 aliphatic rings. The number of hydrogen-bond donors (Lipinski definition) is 3. The molecule has 104 valence electrons. The number of aromatic amines is 1. The number of nitrogen functional groups attached to an aromatic ring is 1. The van der Waals surface area contributed by atoms with E-state index in [1.807, 2.05) is 0 Å². The molecular weight excluding hydrogens is 286 g/mol. The zero-order valence-corrected chi connectivity index (χ0v) is 11.0. The van der Waals surface area contributed by atoms with E-state index in [2.05, 4.69) is 15.1 Å². The lowest BCUT2D eigenvalue weighted by Gasteiger charge is -2.07. The summed E-state index contributed by atoms with van der Waals surface area (Å²) in [5.74, 6) is -1.14. The number of pyridine rings is 1. The summed E-state index contributed by atoms with van der Waals surface area (Å²) < 4.78 is 1.25. The van der Waals surface area contributed by atoms with E-state index in [-0.39, 0.29) is 21.4 Å². The van der Waals surface area contributed by atoms with Gasteiger partial charge in [-0.05, 0) is 17.8 Å². The molecule has 10 heteroatoms. The summed E-state index contributed by atoms with van der Waals surface area (Å²) in [4.78, 5) is 40.5. The van der Waals surface area contributed by atoms with Gasteiger partial charge < -0.3 is 10.8 Å². The molecule has 0 radical (unpaired) electrons. The number of carbonyl (C=O) groups is 1. The number of carboxylic acids is 1. The number of aromatic carboxylic acids is 1. The number of nitrogens with zero attached hydrogens (tertiary/aromatic N) is 3. The van der Waals surface area contributed by atoms with E-state index in [9.17, 15) is 14.4 Å². The number of hydrogen-bond acceptors (Lipinski definition) is 7. The molecule has 0 saturated heterocycles. The summed E-state index contributed by atoms with van der Waals surface area (Å²) in [6.07, 6.45) is 1.14. The molecule has 0 unspecified atom stereocenters. The van der Waals surface area contributed by atoms with Gasteiger partial charge in [0, 0.05) is 13.2 Å². The predicted molar refractivity (Wildman–Crippen MR) is 69.8 cm³/mol. The van der Waals surface area contributed by atoms with E-state index in [4.69, 9.17) is 10.8 Å². The van der Waals surface area contributed by atoms with Gasteiger partial charge in [-0.3, -0.25) is 19.4 Å². The largest absolute Gasteiger partial charge is 0.478 e. The zero-order valence-electron chi connectivity index (χ0n) is 10.2. The molecule has 0 bridgehead atoms. The third kappa shape index (κ3) is 2.69. The van der Waals surface area contributed by atoms with Crippen molar-refractivity contribution in [1.82, 2.24) is 19.7 Å². The highest BCUT2D eigenvalue weighted by Crippen LogP contribution is 2.27. The van der Waals surface area contributed by atoms with Gasteiger partial charge in [-0.2, -0.15) is 4.98 Å². The maximum atomic E-state index is 11.2. The first-order valence-corrected chi connectivity index (χ1v) is 6.04. The van der Waals surface area contributed by atoms with E-state index in [1.165, 1.54) is 17.8 Å². The second-order valence-corrected chi connectivity index (χ2v) is 4.68. The van der Waals surface area contributed by atoms with Crippen LogP contribution in [0, 0.1) is 0 Å². The van der Waals surface area contributed by atoms with Crippen LogP contribution in [0.3, 0.4) is 0 Å². The standard InChI is InChI=1S/C10H9N5O4S/c1-15-10(13-6(16)7(17)14-15)20-8-5(11)2-4(3-12-8)9(18)19/h2-3H,11H2,1H3,(H,14,17)(H,18,19). The SMILES string of the molecule is Cn1[nH]c(=O)c(=O)nc1Sc1ncc(C(=O)O)cc1N. The Bertz CT molecular complexity index is 797. The molecule has 0 aliphatic heterocycles. The highest BCUT2D eigenvalue weighted by molar-refractivity contribution is 7.99. The van der Waals surface area contributed by atoms with Gasteiger partial charge in [0.25, 0.3) is 0 Å². The van der Waals surface area contributed by atoms with Crippen molar-refractivity contribution >= 4 is 23.4 Å². The fraction of sp³-hybridized carbons (Fsp3) is 0.100. The average molecular weight is 295 g/mol. The number of anilines is 1. The lowest BCUT2D eigenvalue weighted by atomic mass is 10.3. The Morgan fingerprint density at radius 3 is 2.80 bits per heavy atom. The first-order valence-electron chi connectivity index (χ1n) is 5.22. The summed E-state index contributed by atoms with van der Waals surface area (Å²) in [5, 5.41) is 11.5. The number of rotatable bonds is 3. The molecule has 2 heterocycles. The van der Waals surface area contributed by atoms with Gasteiger partial charge in [0.2, 0.25) is 0 Å². The molecule has 2 aromatic heterocycles. The van der Waals surface area contributed by atoms with Crippen molar-refractivity contribution in [1.29, 1.82) is 0 Å². The molecular formula is C10H9N5O4S. The summed E-state index contributed by atoms with van der Waals surface area (Å²) >= 11 is 0.937. The van der Waals surface area contributed by atoms with Crippen LogP contribution in [-0.4, -0.2) is 30.8 Å². The lowest BCUT2D eigenvalue weighted by molar-refractivity contribution is 0.0696. The second-order valence-electron chi connectivity index (χ2n) is 3.73. The normalized spacial score (nSPS) is 10.4. The van der Waals surface area contributed by atoms with E-state index in [0.717, 1.165) is 18.0 Å². The van der Waals surface area contributed by atoms with Crippen LogP contribution in [0.2, 0.25) is 0 Å². The van der Waals surface area contributed by atoms with Crippen LogP contribution in [-0.2, 0) is 7.05 Å². The highest BCUT2D eigenvalue weighted by Gasteiger charge is 2.12. The number of carboxylic acid groups (broad SMARTS) is 1. The number of nitrogens with two attached hydrogens (primary N) is 1. The minimum absolute atomic E-state index is 0.0461. The predicted octanol–water partition coefficient (Wildman–Crippen LogP) is -0.705. The molecule has 4 N–H and O–H groups in total. The minimum Gasteiger partial charge on any atom is -0.478 e. The Hall–Kier alpha value is -2.62. The van der Waals surface area contributed by atoms with Gasteiger partial charge in [0.1, 0.15) is 5.03 Å². The summed E-state index contributed by atoms with van der Waals surface area (Å²) in [7, 11) is 1.50. The Labute approximate surface area is 115 Å². The van der Waals surface area contributed by atoms with Crippen LogP contribution in [0.5, 0.6) is 0 Å². The summed E-state index contributed by atoms with van der Waals surface area (Å²) in [6, 6.07) is 1.25. The number of aromatic nitrogens is 4. The topological polar surface area (TPSA) is 144 Å². The molecule has 2 rings (SSSR count). The lowest BCUT2D eigenvalue weighted by Crippen LogP contribution is -2.33. The molecule has 9 nitrogen and oxygen atoms in total. The fourth-order valence-corrected chi connectivity index (χ4v) is 2.08.